The minimum atomic E-state index is -1.69. The molecule has 25 heavy (non-hydrogen) atoms. The molecule has 8 atom stereocenters. The molecule has 0 aromatic carbocycles. The summed E-state index contributed by atoms with van der Waals surface area (Å²) >= 11 is 4.40. The average molecular weight is 376 g/mol. The summed E-state index contributed by atoms with van der Waals surface area (Å²) in [6.45, 7) is 3.60. The van der Waals surface area contributed by atoms with Gasteiger partial charge < -0.3 is 30.5 Å². The van der Waals surface area contributed by atoms with Gasteiger partial charge in [0.25, 0.3) is 0 Å². The molecule has 5 N–H and O–H groups in total. The first-order chi connectivity index (χ1) is 11.7. The van der Waals surface area contributed by atoms with E-state index in [9.17, 15) is 20.4 Å². The molecule has 2 aliphatic carbocycles. The Kier molecular flexibility index (Phi) is 5.77. The van der Waals surface area contributed by atoms with E-state index in [2.05, 4.69) is 24.9 Å². The number of aliphatic hydroxyl groups is 4. The highest BCUT2D eigenvalue weighted by atomic mass is 32.1. The van der Waals surface area contributed by atoms with Crippen molar-refractivity contribution in [2.45, 2.75) is 93.8 Å². The molecule has 6 nitrogen and oxygen atoms in total. The lowest BCUT2D eigenvalue weighted by molar-refractivity contribution is -0.290. The average Bonchev–Trinajstić information content (AvgIpc) is 3.18. The molecule has 0 aromatic rings. The molecule has 0 radical (unpaired) electrons. The van der Waals surface area contributed by atoms with E-state index in [0.29, 0.717) is 12.5 Å². The third kappa shape index (κ3) is 3.16. The predicted octanol–water partition coefficient (Wildman–Crippen LogP) is 0.423. The molecule has 1 heterocycles. The van der Waals surface area contributed by atoms with Crippen LogP contribution in [0.2, 0.25) is 0 Å². The van der Waals surface area contributed by atoms with E-state index >= 15 is 0 Å². The summed E-state index contributed by atoms with van der Waals surface area (Å²) in [4.78, 5) is 0. The van der Waals surface area contributed by atoms with Gasteiger partial charge in [0.15, 0.2) is 0 Å². The van der Waals surface area contributed by atoms with Crippen molar-refractivity contribution in [3.63, 3.8) is 0 Å². The van der Waals surface area contributed by atoms with E-state index in [0.717, 1.165) is 6.42 Å². The molecule has 3 unspecified atom stereocenters. The van der Waals surface area contributed by atoms with E-state index in [1.807, 2.05) is 6.92 Å². The maximum atomic E-state index is 11.5. The highest BCUT2D eigenvalue weighted by Gasteiger charge is 2.65. The summed E-state index contributed by atoms with van der Waals surface area (Å²) in [7, 11) is 0. The maximum absolute atomic E-state index is 11.5. The van der Waals surface area contributed by atoms with Crippen LogP contribution in [0.3, 0.4) is 0 Å². The van der Waals surface area contributed by atoms with Crippen LogP contribution in [0.1, 0.15) is 52.4 Å². The maximum Gasteiger partial charge on any atom is 0.134 e. The van der Waals surface area contributed by atoms with Crippen LogP contribution in [-0.2, 0) is 4.74 Å². The lowest BCUT2D eigenvalue weighted by Crippen LogP contribution is -2.71. The molecule has 1 aliphatic heterocycles. The van der Waals surface area contributed by atoms with Crippen molar-refractivity contribution in [3.8, 4) is 0 Å². The van der Waals surface area contributed by atoms with Crippen LogP contribution in [0.15, 0.2) is 0 Å². The smallest absolute Gasteiger partial charge is 0.134 e. The second-order valence-electron chi connectivity index (χ2n) is 8.57. The number of aliphatic hydroxyl groups excluding tert-OH is 3. The van der Waals surface area contributed by atoms with Crippen molar-refractivity contribution < 1.29 is 25.2 Å². The summed E-state index contributed by atoms with van der Waals surface area (Å²) in [5.41, 5.74) is -3.32. The Hall–Kier alpha value is 0.110. The second kappa shape index (κ2) is 7.26. The molecule has 3 aliphatic rings. The Bertz CT molecular complexity index is 476. The fraction of sp³-hybridized carbons (Fsp3) is 1.00. The Labute approximate surface area is 155 Å². The topological polar surface area (TPSA) is 102 Å². The van der Waals surface area contributed by atoms with Crippen molar-refractivity contribution in [1.82, 2.24) is 5.32 Å². The van der Waals surface area contributed by atoms with Crippen LogP contribution in [0.4, 0.5) is 0 Å². The number of ether oxygens (including phenoxy) is 1. The number of hydrogen-bond donors (Lipinski definition) is 6. The van der Waals surface area contributed by atoms with Gasteiger partial charge >= 0.3 is 0 Å². The van der Waals surface area contributed by atoms with Crippen LogP contribution in [0.25, 0.3) is 0 Å². The van der Waals surface area contributed by atoms with Crippen molar-refractivity contribution >= 4 is 12.6 Å². The van der Waals surface area contributed by atoms with Crippen molar-refractivity contribution in [2.75, 3.05) is 6.61 Å². The molecule has 0 amide bonds. The highest BCUT2D eigenvalue weighted by Crippen LogP contribution is 2.56. The standard InChI is InChI=1S/C18H33NO5S/c1-10-7-12(19-11-5-3-4-6-11)8-17(10,2)18(23)15(22)14(21)13(9-20)24-16(18)25/h10-16,19-23,25H,3-9H2,1-2H3/t10?,12?,13-,14+,15+,16+,17?,18-/m1/s1. The summed E-state index contributed by atoms with van der Waals surface area (Å²) < 4.78 is 5.56. The third-order valence-corrected chi connectivity index (χ3v) is 7.67. The zero-order chi connectivity index (χ0) is 18.4. The van der Waals surface area contributed by atoms with Gasteiger partial charge in [0.05, 0.1) is 6.61 Å². The first kappa shape index (κ1) is 19.9. The van der Waals surface area contributed by atoms with Crippen LogP contribution in [0, 0.1) is 11.3 Å². The Morgan fingerprint density at radius 1 is 1.20 bits per heavy atom. The van der Waals surface area contributed by atoms with Gasteiger partial charge in [-0.3, -0.25) is 0 Å². The SMILES string of the molecule is CC1CC(NC2CCCC2)CC1(C)[C@]1(O)[C@H](S)O[C@H](CO)[C@H](O)[C@@H]1O. The number of rotatable bonds is 4. The zero-order valence-corrected chi connectivity index (χ0v) is 16.0. The minimum Gasteiger partial charge on any atom is -0.394 e. The van der Waals surface area contributed by atoms with Gasteiger partial charge in [-0.1, -0.05) is 26.7 Å². The monoisotopic (exact) mass is 375 g/mol. The molecule has 3 fully saturated rings. The molecule has 2 saturated carbocycles. The van der Waals surface area contributed by atoms with Crippen LogP contribution < -0.4 is 5.32 Å². The van der Waals surface area contributed by atoms with Crippen LogP contribution in [0.5, 0.6) is 0 Å². The molecule has 1 saturated heterocycles. The Morgan fingerprint density at radius 2 is 1.84 bits per heavy atom. The normalized spacial score (nSPS) is 52.0. The largest absolute Gasteiger partial charge is 0.394 e. The quantitative estimate of drug-likeness (QED) is 0.398. The molecule has 3 rings (SSSR count). The Balaban J connectivity index is 1.80. The summed E-state index contributed by atoms with van der Waals surface area (Å²) in [6, 6.07) is 0.811. The van der Waals surface area contributed by atoms with Gasteiger partial charge in [-0.2, -0.15) is 0 Å². The van der Waals surface area contributed by atoms with Gasteiger partial charge in [-0.05, 0) is 31.6 Å². The highest BCUT2D eigenvalue weighted by molar-refractivity contribution is 7.80. The molecule has 0 spiro atoms. The number of hydrogen-bond acceptors (Lipinski definition) is 7. The zero-order valence-electron chi connectivity index (χ0n) is 15.1. The fourth-order valence-corrected chi connectivity index (χ4v) is 5.93. The summed E-state index contributed by atoms with van der Waals surface area (Å²) in [5.74, 6) is 0.127. The molecule has 7 heteroatoms. The number of nitrogens with one attached hydrogen (secondary N) is 1. The summed E-state index contributed by atoms with van der Waals surface area (Å²) in [5, 5.41) is 45.6. The van der Waals surface area contributed by atoms with Gasteiger partial charge in [0.2, 0.25) is 0 Å². The first-order valence-corrected chi connectivity index (χ1v) is 10.0. The van der Waals surface area contributed by atoms with Crippen molar-refractivity contribution in [2.24, 2.45) is 11.3 Å². The van der Waals surface area contributed by atoms with E-state index in [4.69, 9.17) is 4.74 Å². The Morgan fingerprint density at radius 3 is 2.44 bits per heavy atom. The van der Waals surface area contributed by atoms with Gasteiger partial charge in [-0.15, -0.1) is 12.6 Å². The van der Waals surface area contributed by atoms with Crippen LogP contribution >= 0.6 is 12.6 Å². The fourth-order valence-electron chi connectivity index (χ4n) is 5.32. The molecule has 0 bridgehead atoms. The van der Waals surface area contributed by atoms with Crippen LogP contribution in [-0.4, -0.2) is 68.5 Å². The van der Waals surface area contributed by atoms with E-state index < -0.39 is 41.4 Å². The summed E-state index contributed by atoms with van der Waals surface area (Å²) in [6.07, 6.45) is 2.82. The van der Waals surface area contributed by atoms with Gasteiger partial charge in [0.1, 0.15) is 29.3 Å². The molecular formula is C18H33NO5S. The van der Waals surface area contributed by atoms with Gasteiger partial charge in [-0.25, -0.2) is 0 Å². The van der Waals surface area contributed by atoms with Crippen molar-refractivity contribution in [1.29, 1.82) is 0 Å². The lowest BCUT2D eigenvalue weighted by atomic mass is 9.62. The first-order valence-electron chi connectivity index (χ1n) is 9.53. The minimum absolute atomic E-state index is 0.127. The van der Waals surface area contributed by atoms with E-state index in [-0.39, 0.29) is 12.0 Å². The molecule has 146 valence electrons. The predicted molar refractivity (Wildman–Crippen MR) is 97.4 cm³/mol. The third-order valence-electron chi connectivity index (χ3n) is 7.15. The number of thiol groups is 1. The molecule has 0 aromatic heterocycles. The van der Waals surface area contributed by atoms with E-state index in [1.54, 1.807) is 0 Å². The molecular weight excluding hydrogens is 342 g/mol. The second-order valence-corrected chi connectivity index (χ2v) is 9.04. The van der Waals surface area contributed by atoms with E-state index in [1.165, 1.54) is 25.7 Å². The lowest BCUT2D eigenvalue weighted by Gasteiger charge is -2.55. The van der Waals surface area contributed by atoms with Gasteiger partial charge in [0, 0.05) is 17.5 Å². The van der Waals surface area contributed by atoms with Crippen molar-refractivity contribution in [3.05, 3.63) is 0 Å².